The predicted octanol–water partition coefficient (Wildman–Crippen LogP) is 5.13. The SMILES string of the molecule is CC(C)N(C(C)C)S(=O)(=O)c1cc(N=Nc2ccc([N+](=O)[O-])cc2S(C)(=O)=O)c2c(NS(=O)(=O)c3cccc(S(=O)(=O)O)c3)cccc2c1O. The molecule has 0 spiro atoms. The Hall–Kier alpha value is -4.54. The van der Waals surface area contributed by atoms with Crippen LogP contribution in [0.5, 0.6) is 5.75 Å². The van der Waals surface area contributed by atoms with E-state index < -0.39 is 88.0 Å². The third-order valence-corrected chi connectivity index (χ3v) is 12.7. The van der Waals surface area contributed by atoms with Gasteiger partial charge in [-0.2, -0.15) is 12.7 Å². The van der Waals surface area contributed by atoms with E-state index >= 15 is 0 Å². The molecule has 0 fully saturated rings. The number of aromatic hydroxyl groups is 1. The normalized spacial score (nSPS) is 13.1. The number of non-ortho nitro benzene ring substituents is 1. The lowest BCUT2D eigenvalue weighted by atomic mass is 10.1. The van der Waals surface area contributed by atoms with Crippen molar-refractivity contribution in [1.82, 2.24) is 4.31 Å². The zero-order valence-corrected chi connectivity index (χ0v) is 30.2. The molecule has 0 radical (unpaired) electrons. The monoisotopic (exact) mass is 769 g/mol. The van der Waals surface area contributed by atoms with Crippen LogP contribution in [0.15, 0.2) is 96.5 Å². The number of rotatable bonds is 12. The summed E-state index contributed by atoms with van der Waals surface area (Å²) in [5.41, 5.74) is -1.63. The van der Waals surface area contributed by atoms with Crippen molar-refractivity contribution in [3.05, 3.63) is 76.8 Å². The number of benzene rings is 4. The van der Waals surface area contributed by atoms with Gasteiger partial charge < -0.3 is 5.11 Å². The Bertz CT molecular complexity index is 2490. The summed E-state index contributed by atoms with van der Waals surface area (Å²) < 4.78 is 116. The van der Waals surface area contributed by atoms with E-state index in [0.29, 0.717) is 6.07 Å². The summed E-state index contributed by atoms with van der Waals surface area (Å²) in [6.45, 7) is 6.45. The topological polar surface area (TPSA) is 260 Å². The van der Waals surface area contributed by atoms with Gasteiger partial charge in [-0.3, -0.25) is 19.4 Å². The molecule has 0 aromatic heterocycles. The van der Waals surface area contributed by atoms with Crippen molar-refractivity contribution in [1.29, 1.82) is 0 Å². The zero-order valence-electron chi connectivity index (χ0n) is 26.9. The lowest BCUT2D eigenvalue weighted by molar-refractivity contribution is -0.385. The molecule has 4 aromatic carbocycles. The number of sulfonamides is 2. The molecule has 0 aliphatic rings. The first kappa shape index (κ1) is 38.3. The third kappa shape index (κ3) is 7.76. The second-order valence-corrected chi connectivity index (χ2v) is 18.3. The number of nitro benzene ring substituents is 1. The number of hydrogen-bond acceptors (Lipinski definition) is 13. The van der Waals surface area contributed by atoms with Crippen molar-refractivity contribution in [2.45, 2.75) is 59.4 Å². The lowest BCUT2D eigenvalue weighted by Gasteiger charge is -2.30. The minimum absolute atomic E-state index is 0.217. The second kappa shape index (κ2) is 13.6. The van der Waals surface area contributed by atoms with Crippen LogP contribution < -0.4 is 4.72 Å². The van der Waals surface area contributed by atoms with Crippen molar-refractivity contribution >= 4 is 73.5 Å². The highest BCUT2D eigenvalue weighted by molar-refractivity contribution is 7.93. The van der Waals surface area contributed by atoms with E-state index in [2.05, 4.69) is 15.0 Å². The number of phenols is 1. The van der Waals surface area contributed by atoms with Crippen molar-refractivity contribution < 1.29 is 48.3 Å². The molecule has 0 amide bonds. The van der Waals surface area contributed by atoms with E-state index in [-0.39, 0.29) is 27.8 Å². The number of fused-ring (bicyclic) bond motifs is 1. The molecule has 0 bridgehead atoms. The van der Waals surface area contributed by atoms with E-state index in [1.807, 2.05) is 0 Å². The first-order valence-electron chi connectivity index (χ1n) is 14.3. The minimum Gasteiger partial charge on any atom is -0.506 e. The van der Waals surface area contributed by atoms with Crippen molar-refractivity contribution in [3.63, 3.8) is 0 Å². The Morgan fingerprint density at radius 1 is 0.780 bits per heavy atom. The fourth-order valence-corrected chi connectivity index (χ4v) is 9.65. The van der Waals surface area contributed by atoms with E-state index in [9.17, 15) is 53.4 Å². The van der Waals surface area contributed by atoms with Gasteiger partial charge >= 0.3 is 0 Å². The van der Waals surface area contributed by atoms with Gasteiger partial charge in [-0.1, -0.05) is 18.2 Å². The summed E-state index contributed by atoms with van der Waals surface area (Å²) >= 11 is 0. The Balaban J connectivity index is 2.06. The largest absolute Gasteiger partial charge is 0.506 e. The van der Waals surface area contributed by atoms with Gasteiger partial charge in [0.1, 0.15) is 21.2 Å². The molecule has 0 heterocycles. The molecule has 0 aliphatic carbocycles. The average Bonchev–Trinajstić information content (AvgIpc) is 2.99. The molecule has 21 heteroatoms. The van der Waals surface area contributed by atoms with E-state index in [0.717, 1.165) is 53.0 Å². The number of phenolic OH excluding ortho intramolecular Hbond substituents is 1. The minimum atomic E-state index is -4.79. The Morgan fingerprint density at radius 3 is 1.92 bits per heavy atom. The summed E-state index contributed by atoms with van der Waals surface area (Å²) in [5.74, 6) is -0.785. The molecule has 0 saturated carbocycles. The van der Waals surface area contributed by atoms with Crippen molar-refractivity contribution in [3.8, 4) is 5.75 Å². The summed E-state index contributed by atoms with van der Waals surface area (Å²) in [6.07, 6.45) is 0.780. The highest BCUT2D eigenvalue weighted by Gasteiger charge is 2.34. The maximum Gasteiger partial charge on any atom is 0.294 e. The molecular formula is C29H31N5O12S4. The molecule has 0 unspecified atom stereocenters. The van der Waals surface area contributed by atoms with Crippen molar-refractivity contribution in [2.75, 3.05) is 11.0 Å². The first-order valence-corrected chi connectivity index (χ1v) is 20.5. The summed E-state index contributed by atoms with van der Waals surface area (Å²) in [5, 5.41) is 30.3. The Morgan fingerprint density at radius 2 is 1.36 bits per heavy atom. The predicted molar refractivity (Wildman–Crippen MR) is 182 cm³/mol. The van der Waals surface area contributed by atoms with Crippen LogP contribution >= 0.6 is 0 Å². The second-order valence-electron chi connectivity index (χ2n) is 11.4. The third-order valence-electron chi connectivity index (χ3n) is 7.13. The molecule has 4 rings (SSSR count). The lowest BCUT2D eigenvalue weighted by Crippen LogP contribution is -2.41. The van der Waals surface area contributed by atoms with Crippen LogP contribution in [-0.2, 0) is 40.0 Å². The van der Waals surface area contributed by atoms with Crippen LogP contribution in [0.25, 0.3) is 10.8 Å². The van der Waals surface area contributed by atoms with Crippen LogP contribution in [0.4, 0.5) is 22.7 Å². The number of nitrogens with zero attached hydrogens (tertiary/aromatic N) is 4. The molecule has 3 N–H and O–H groups in total. The quantitative estimate of drug-likeness (QED) is 0.0733. The van der Waals surface area contributed by atoms with Gasteiger partial charge in [0.15, 0.2) is 9.84 Å². The van der Waals surface area contributed by atoms with Crippen molar-refractivity contribution in [2.24, 2.45) is 10.2 Å². The van der Waals surface area contributed by atoms with E-state index in [1.54, 1.807) is 27.7 Å². The molecule has 50 heavy (non-hydrogen) atoms. The van der Waals surface area contributed by atoms with Gasteiger partial charge in [0.25, 0.3) is 25.8 Å². The number of nitro groups is 1. The Labute approximate surface area is 288 Å². The van der Waals surface area contributed by atoms with E-state index in [4.69, 9.17) is 0 Å². The molecule has 268 valence electrons. The average molecular weight is 770 g/mol. The standard InChI is InChI=1S/C29H31N5O12S4/c1-17(2)33(18(3)4)49(42,43)27-16-25(31-30-23-13-12-19(34(36)37)14-26(23)47(5,38)39)28-22(29(27)35)10-7-11-24(28)32-48(40,41)20-8-6-9-21(15-20)50(44,45)46/h6-18,32,35H,1-5H3,(H,44,45,46). The molecule has 0 saturated heterocycles. The van der Waals surface area contributed by atoms with Gasteiger partial charge in [-0.05, 0) is 64.1 Å². The van der Waals surface area contributed by atoms with Crippen LogP contribution in [0.3, 0.4) is 0 Å². The molecule has 0 aliphatic heterocycles. The van der Waals surface area contributed by atoms with Gasteiger partial charge in [-0.15, -0.1) is 10.2 Å². The number of anilines is 1. The molecule has 0 atom stereocenters. The first-order chi connectivity index (χ1) is 23.0. The van der Waals surface area contributed by atoms with Gasteiger partial charge in [0.05, 0.1) is 26.1 Å². The highest BCUT2D eigenvalue weighted by Crippen LogP contribution is 2.44. The van der Waals surface area contributed by atoms with Crippen LogP contribution in [0, 0.1) is 10.1 Å². The summed E-state index contributed by atoms with van der Waals surface area (Å²) in [4.78, 5) is 7.97. The number of nitrogens with one attached hydrogen (secondary N) is 1. The van der Waals surface area contributed by atoms with E-state index in [1.165, 1.54) is 18.2 Å². The smallest absolute Gasteiger partial charge is 0.294 e. The van der Waals surface area contributed by atoms with Crippen LogP contribution in [-0.4, -0.2) is 70.9 Å². The molecule has 17 nitrogen and oxygen atoms in total. The molecular weight excluding hydrogens is 739 g/mol. The summed E-state index contributed by atoms with van der Waals surface area (Å²) in [6, 6.07) is 10.0. The highest BCUT2D eigenvalue weighted by atomic mass is 32.2. The fourth-order valence-electron chi connectivity index (χ4n) is 5.16. The zero-order chi connectivity index (χ0) is 37.6. The van der Waals surface area contributed by atoms with Crippen LogP contribution in [0.1, 0.15) is 27.7 Å². The molecule has 4 aromatic rings. The van der Waals surface area contributed by atoms with Crippen LogP contribution in [0.2, 0.25) is 0 Å². The van der Waals surface area contributed by atoms with Gasteiger partial charge in [-0.25, -0.2) is 25.3 Å². The summed E-state index contributed by atoms with van der Waals surface area (Å²) in [7, 11) is -18.1. The van der Waals surface area contributed by atoms with Gasteiger partial charge in [0.2, 0.25) is 10.0 Å². The maximum absolute atomic E-state index is 14.0. The Kier molecular flexibility index (Phi) is 10.4. The number of azo groups is 1. The van der Waals surface area contributed by atoms with Gasteiger partial charge in [0, 0.05) is 41.2 Å². The fraction of sp³-hybridized carbons (Fsp3) is 0.241. The number of hydrogen-bond donors (Lipinski definition) is 3. The maximum atomic E-state index is 14.0. The number of sulfone groups is 1.